The van der Waals surface area contributed by atoms with Crippen molar-refractivity contribution < 1.29 is 9.53 Å². The van der Waals surface area contributed by atoms with E-state index in [1.54, 1.807) is 7.11 Å². The van der Waals surface area contributed by atoms with Crippen LogP contribution in [0.4, 0.5) is 0 Å². The Morgan fingerprint density at radius 3 is 2.75 bits per heavy atom. The van der Waals surface area contributed by atoms with E-state index in [0.29, 0.717) is 19.1 Å². The molecule has 0 spiro atoms. The fraction of sp³-hybridized carbons (Fsp3) is 0.562. The van der Waals surface area contributed by atoms with E-state index < -0.39 is 0 Å². The third kappa shape index (κ3) is 2.45. The zero-order chi connectivity index (χ0) is 14.1. The van der Waals surface area contributed by atoms with E-state index >= 15 is 0 Å². The van der Waals surface area contributed by atoms with E-state index in [9.17, 15) is 4.79 Å². The van der Waals surface area contributed by atoms with Gasteiger partial charge in [-0.3, -0.25) is 4.79 Å². The minimum absolute atomic E-state index is 0.00935. The number of ether oxygens (including phenoxy) is 1. The molecule has 4 heteroatoms. The molecule has 2 fully saturated rings. The second-order valence-electron chi connectivity index (χ2n) is 5.81. The first-order valence-electron chi connectivity index (χ1n) is 7.36. The zero-order valence-corrected chi connectivity index (χ0v) is 11.9. The molecule has 2 N–H and O–H groups in total. The first-order valence-corrected chi connectivity index (χ1v) is 7.36. The molecule has 0 aromatic heterocycles. The third-order valence-corrected chi connectivity index (χ3v) is 4.30. The summed E-state index contributed by atoms with van der Waals surface area (Å²) in [6.07, 6.45) is 3.58. The molecule has 2 unspecified atom stereocenters. The Bertz CT molecular complexity index is 499. The minimum atomic E-state index is 0.00935. The Balaban J connectivity index is 1.98. The SMILES string of the molecule is COCc1ccccc1C1C(N)CCC(=O)N1C1CC1. The maximum atomic E-state index is 12.3. The Labute approximate surface area is 119 Å². The van der Waals surface area contributed by atoms with Gasteiger partial charge in [0.2, 0.25) is 5.91 Å². The molecular weight excluding hydrogens is 252 g/mol. The number of amides is 1. The molecule has 0 bridgehead atoms. The van der Waals surface area contributed by atoms with Crippen molar-refractivity contribution in [3.63, 3.8) is 0 Å². The highest BCUT2D eigenvalue weighted by Gasteiger charge is 2.43. The van der Waals surface area contributed by atoms with Gasteiger partial charge in [-0.05, 0) is 30.4 Å². The van der Waals surface area contributed by atoms with Gasteiger partial charge >= 0.3 is 0 Å². The molecule has 108 valence electrons. The zero-order valence-electron chi connectivity index (χ0n) is 11.9. The van der Waals surface area contributed by atoms with Gasteiger partial charge < -0.3 is 15.4 Å². The second-order valence-corrected chi connectivity index (χ2v) is 5.81. The van der Waals surface area contributed by atoms with Crippen LogP contribution in [0, 0.1) is 0 Å². The maximum Gasteiger partial charge on any atom is 0.223 e. The largest absolute Gasteiger partial charge is 0.380 e. The number of piperidine rings is 1. The van der Waals surface area contributed by atoms with Crippen molar-refractivity contribution >= 4 is 5.91 Å². The van der Waals surface area contributed by atoms with Crippen LogP contribution in [0.2, 0.25) is 0 Å². The van der Waals surface area contributed by atoms with E-state index in [2.05, 4.69) is 12.1 Å². The first kappa shape index (κ1) is 13.6. The average molecular weight is 274 g/mol. The van der Waals surface area contributed by atoms with Crippen LogP contribution in [0.3, 0.4) is 0 Å². The third-order valence-electron chi connectivity index (χ3n) is 4.30. The molecular formula is C16H22N2O2. The van der Waals surface area contributed by atoms with E-state index in [0.717, 1.165) is 30.4 Å². The molecule has 20 heavy (non-hydrogen) atoms. The highest BCUT2D eigenvalue weighted by atomic mass is 16.5. The number of rotatable bonds is 4. The van der Waals surface area contributed by atoms with E-state index in [1.807, 2.05) is 17.0 Å². The lowest BCUT2D eigenvalue weighted by molar-refractivity contribution is -0.138. The standard InChI is InChI=1S/C16H22N2O2/c1-20-10-11-4-2-3-5-13(11)16-14(17)8-9-15(19)18(16)12-6-7-12/h2-5,12,14,16H,6-10,17H2,1H3. The predicted molar refractivity (Wildman–Crippen MR) is 77.0 cm³/mol. The predicted octanol–water partition coefficient (Wildman–Crippen LogP) is 1.99. The molecule has 1 aromatic rings. The smallest absolute Gasteiger partial charge is 0.223 e. The molecule has 1 aromatic carbocycles. The monoisotopic (exact) mass is 274 g/mol. The number of carbonyl (C=O) groups excluding carboxylic acids is 1. The van der Waals surface area contributed by atoms with Gasteiger partial charge in [-0.1, -0.05) is 24.3 Å². The van der Waals surface area contributed by atoms with Gasteiger partial charge in [-0.2, -0.15) is 0 Å². The normalized spacial score (nSPS) is 26.9. The molecule has 4 nitrogen and oxygen atoms in total. The van der Waals surface area contributed by atoms with Crippen LogP contribution < -0.4 is 5.73 Å². The van der Waals surface area contributed by atoms with Crippen molar-refractivity contribution in [2.24, 2.45) is 5.73 Å². The van der Waals surface area contributed by atoms with Crippen LogP contribution in [-0.2, 0) is 16.1 Å². The summed E-state index contributed by atoms with van der Waals surface area (Å²) in [5.41, 5.74) is 8.65. The first-order chi connectivity index (χ1) is 9.72. The van der Waals surface area contributed by atoms with Crippen LogP contribution in [-0.4, -0.2) is 30.0 Å². The number of hydrogen-bond acceptors (Lipinski definition) is 3. The van der Waals surface area contributed by atoms with Crippen LogP contribution >= 0.6 is 0 Å². The van der Waals surface area contributed by atoms with Gasteiger partial charge in [0.25, 0.3) is 0 Å². The van der Waals surface area contributed by atoms with Crippen molar-refractivity contribution in [2.75, 3.05) is 7.11 Å². The summed E-state index contributed by atoms with van der Waals surface area (Å²) in [5.74, 6) is 0.256. The summed E-state index contributed by atoms with van der Waals surface area (Å²) in [7, 11) is 1.70. The molecule has 0 radical (unpaired) electrons. The van der Waals surface area contributed by atoms with Crippen molar-refractivity contribution in [1.29, 1.82) is 0 Å². The van der Waals surface area contributed by atoms with Gasteiger partial charge in [-0.15, -0.1) is 0 Å². The Hall–Kier alpha value is -1.39. The molecule has 2 atom stereocenters. The second kappa shape index (κ2) is 5.54. The van der Waals surface area contributed by atoms with Crippen LogP contribution in [0.1, 0.15) is 42.9 Å². The Morgan fingerprint density at radius 2 is 2.05 bits per heavy atom. The summed E-state index contributed by atoms with van der Waals surface area (Å²) in [4.78, 5) is 14.4. The van der Waals surface area contributed by atoms with Crippen molar-refractivity contribution in [3.8, 4) is 0 Å². The molecule has 1 amide bonds. The summed E-state index contributed by atoms with van der Waals surface area (Å²) in [6, 6.07) is 8.61. The van der Waals surface area contributed by atoms with Crippen LogP contribution in [0.5, 0.6) is 0 Å². The van der Waals surface area contributed by atoms with Gasteiger partial charge in [-0.25, -0.2) is 0 Å². The molecule has 2 aliphatic rings. The summed E-state index contributed by atoms with van der Waals surface area (Å²) < 4.78 is 5.29. The molecule has 1 aliphatic heterocycles. The topological polar surface area (TPSA) is 55.6 Å². The van der Waals surface area contributed by atoms with Crippen LogP contribution in [0.25, 0.3) is 0 Å². The quantitative estimate of drug-likeness (QED) is 0.913. The fourth-order valence-electron chi connectivity index (χ4n) is 3.21. The number of nitrogens with zero attached hydrogens (tertiary/aromatic N) is 1. The number of nitrogens with two attached hydrogens (primary N) is 1. The average Bonchev–Trinajstić information content (AvgIpc) is 3.27. The lowest BCUT2D eigenvalue weighted by Gasteiger charge is -2.41. The number of hydrogen-bond donors (Lipinski definition) is 1. The van der Waals surface area contributed by atoms with Crippen molar-refractivity contribution in [1.82, 2.24) is 4.90 Å². The number of methoxy groups -OCH3 is 1. The Kier molecular flexibility index (Phi) is 3.76. The number of likely N-dealkylation sites (tertiary alicyclic amines) is 1. The molecule has 1 aliphatic carbocycles. The van der Waals surface area contributed by atoms with Crippen molar-refractivity contribution in [3.05, 3.63) is 35.4 Å². The van der Waals surface area contributed by atoms with Gasteiger partial charge in [0.1, 0.15) is 0 Å². The van der Waals surface area contributed by atoms with Crippen LogP contribution in [0.15, 0.2) is 24.3 Å². The fourth-order valence-corrected chi connectivity index (χ4v) is 3.21. The van der Waals surface area contributed by atoms with E-state index in [4.69, 9.17) is 10.5 Å². The molecule has 1 heterocycles. The number of carbonyl (C=O) groups is 1. The van der Waals surface area contributed by atoms with Gasteiger partial charge in [0.15, 0.2) is 0 Å². The molecule has 3 rings (SSSR count). The Morgan fingerprint density at radius 1 is 1.30 bits per heavy atom. The van der Waals surface area contributed by atoms with Gasteiger partial charge in [0, 0.05) is 25.6 Å². The molecule has 1 saturated heterocycles. The van der Waals surface area contributed by atoms with Gasteiger partial charge in [0.05, 0.1) is 12.6 Å². The number of benzene rings is 1. The summed E-state index contributed by atoms with van der Waals surface area (Å²) in [5, 5.41) is 0. The summed E-state index contributed by atoms with van der Waals surface area (Å²) >= 11 is 0. The lowest BCUT2D eigenvalue weighted by atomic mass is 9.88. The maximum absolute atomic E-state index is 12.3. The summed E-state index contributed by atoms with van der Waals surface area (Å²) in [6.45, 7) is 0.562. The van der Waals surface area contributed by atoms with E-state index in [1.165, 1.54) is 0 Å². The van der Waals surface area contributed by atoms with E-state index in [-0.39, 0.29) is 18.0 Å². The van der Waals surface area contributed by atoms with Crippen molar-refractivity contribution in [2.45, 2.75) is 50.4 Å². The highest BCUT2D eigenvalue weighted by molar-refractivity contribution is 5.78. The lowest BCUT2D eigenvalue weighted by Crippen LogP contribution is -2.50. The molecule has 1 saturated carbocycles. The minimum Gasteiger partial charge on any atom is -0.380 e. The highest BCUT2D eigenvalue weighted by Crippen LogP contribution is 2.40.